The predicted octanol–water partition coefficient (Wildman–Crippen LogP) is 5.74. The van der Waals surface area contributed by atoms with Gasteiger partial charge < -0.3 is 9.80 Å². The number of hydrogen-bond acceptors (Lipinski definition) is 4. The van der Waals surface area contributed by atoms with Gasteiger partial charge in [0.2, 0.25) is 0 Å². The first kappa shape index (κ1) is 22.0. The summed E-state index contributed by atoms with van der Waals surface area (Å²) in [6.45, 7) is 12.0. The van der Waals surface area contributed by atoms with Crippen LogP contribution in [-0.2, 0) is 10.2 Å². The Hall–Kier alpha value is -2.24. The highest BCUT2D eigenvalue weighted by molar-refractivity contribution is 8.18. The summed E-state index contributed by atoms with van der Waals surface area (Å²) >= 11 is 7.77. The average molecular weight is 454 g/mol. The van der Waals surface area contributed by atoms with Crippen LogP contribution in [0.4, 0.5) is 5.69 Å². The Morgan fingerprint density at radius 3 is 2.26 bits per heavy atom. The molecular formula is C25H28ClN3OS. The van der Waals surface area contributed by atoms with E-state index in [2.05, 4.69) is 72.0 Å². The summed E-state index contributed by atoms with van der Waals surface area (Å²) in [6.07, 6.45) is 1.94. The molecule has 4 rings (SSSR count). The molecule has 6 heteroatoms. The van der Waals surface area contributed by atoms with Crippen molar-refractivity contribution in [1.82, 2.24) is 4.90 Å². The lowest BCUT2D eigenvalue weighted by Gasteiger charge is -2.36. The van der Waals surface area contributed by atoms with Gasteiger partial charge in [-0.2, -0.15) is 4.99 Å². The molecule has 0 atom stereocenters. The number of amidine groups is 1. The van der Waals surface area contributed by atoms with Crippen molar-refractivity contribution in [3.63, 3.8) is 0 Å². The highest BCUT2D eigenvalue weighted by Gasteiger charge is 2.28. The molecule has 0 spiro atoms. The number of thioether (sulfide) groups is 1. The molecule has 0 N–H and O–H groups in total. The van der Waals surface area contributed by atoms with Gasteiger partial charge in [-0.15, -0.1) is 0 Å². The molecule has 0 bridgehead atoms. The van der Waals surface area contributed by atoms with E-state index in [0.717, 1.165) is 53.2 Å². The van der Waals surface area contributed by atoms with Crippen molar-refractivity contribution in [2.24, 2.45) is 4.99 Å². The number of piperazine rings is 1. The number of rotatable bonds is 2. The molecule has 0 aromatic heterocycles. The summed E-state index contributed by atoms with van der Waals surface area (Å²) < 4.78 is 0. The minimum Gasteiger partial charge on any atom is -0.368 e. The van der Waals surface area contributed by atoms with Crippen LogP contribution in [0.2, 0.25) is 5.02 Å². The quantitative estimate of drug-likeness (QED) is 0.543. The minimum atomic E-state index is -0.146. The molecule has 1 fully saturated rings. The van der Waals surface area contributed by atoms with Gasteiger partial charge in [-0.1, -0.05) is 62.7 Å². The zero-order valence-electron chi connectivity index (χ0n) is 18.5. The standard InChI is InChI=1S/C25H28ClN3OS/c1-17-5-10-20(16-21(17)26)28-11-13-29(14-12-28)24-27-23(30)22(31-24)15-18-6-8-19(9-7-18)25(2,3)4/h5-10,15-16H,11-14H2,1-4H3. The van der Waals surface area contributed by atoms with Crippen LogP contribution in [0.1, 0.15) is 37.5 Å². The molecular weight excluding hydrogens is 426 g/mol. The number of aliphatic imine (C=N–C) groups is 1. The topological polar surface area (TPSA) is 35.9 Å². The Labute approximate surface area is 194 Å². The summed E-state index contributed by atoms with van der Waals surface area (Å²) in [5, 5.41) is 1.61. The van der Waals surface area contributed by atoms with Crippen molar-refractivity contribution in [2.75, 3.05) is 31.1 Å². The minimum absolute atomic E-state index is 0.117. The van der Waals surface area contributed by atoms with E-state index in [4.69, 9.17) is 11.6 Å². The normalized spacial score (nSPS) is 18.7. The molecule has 0 radical (unpaired) electrons. The van der Waals surface area contributed by atoms with Crippen LogP contribution in [0.15, 0.2) is 52.4 Å². The van der Waals surface area contributed by atoms with E-state index < -0.39 is 0 Å². The second kappa shape index (κ2) is 8.71. The van der Waals surface area contributed by atoms with Crippen LogP contribution in [0.25, 0.3) is 6.08 Å². The average Bonchev–Trinajstić information content (AvgIpc) is 3.10. The van der Waals surface area contributed by atoms with E-state index in [1.807, 2.05) is 19.1 Å². The van der Waals surface area contributed by atoms with Gasteiger partial charge >= 0.3 is 0 Å². The van der Waals surface area contributed by atoms with Crippen LogP contribution < -0.4 is 4.90 Å². The largest absolute Gasteiger partial charge is 0.368 e. The molecule has 2 aromatic carbocycles. The molecule has 2 aromatic rings. The van der Waals surface area contributed by atoms with Crippen LogP contribution in [0.3, 0.4) is 0 Å². The molecule has 162 valence electrons. The third-order valence-electron chi connectivity index (χ3n) is 5.75. The van der Waals surface area contributed by atoms with Crippen molar-refractivity contribution in [1.29, 1.82) is 0 Å². The Morgan fingerprint density at radius 2 is 1.65 bits per heavy atom. The fraction of sp³-hybridized carbons (Fsp3) is 0.360. The third kappa shape index (κ3) is 4.99. The molecule has 2 aliphatic heterocycles. The van der Waals surface area contributed by atoms with Crippen LogP contribution >= 0.6 is 23.4 Å². The zero-order chi connectivity index (χ0) is 22.2. The van der Waals surface area contributed by atoms with Crippen LogP contribution in [-0.4, -0.2) is 42.2 Å². The number of benzene rings is 2. The number of amides is 1. The number of hydrogen-bond donors (Lipinski definition) is 0. The summed E-state index contributed by atoms with van der Waals surface area (Å²) in [4.78, 5) is 22.0. The molecule has 4 nitrogen and oxygen atoms in total. The van der Waals surface area contributed by atoms with Gasteiger partial charge in [0.05, 0.1) is 4.91 Å². The van der Waals surface area contributed by atoms with E-state index in [0.29, 0.717) is 4.91 Å². The Balaban J connectivity index is 1.39. The third-order valence-corrected chi connectivity index (χ3v) is 7.21. The second-order valence-corrected chi connectivity index (χ2v) is 10.5. The van der Waals surface area contributed by atoms with Gasteiger partial charge in [-0.05, 0) is 59.0 Å². The molecule has 2 aliphatic rings. The van der Waals surface area contributed by atoms with E-state index in [1.54, 1.807) is 0 Å². The molecule has 31 heavy (non-hydrogen) atoms. The Kier molecular flexibility index (Phi) is 6.18. The maximum atomic E-state index is 12.5. The Bertz CT molecular complexity index is 1050. The van der Waals surface area contributed by atoms with Crippen molar-refractivity contribution >= 4 is 46.2 Å². The molecule has 1 amide bonds. The summed E-state index contributed by atoms with van der Waals surface area (Å²) in [5.74, 6) is -0.146. The maximum Gasteiger partial charge on any atom is 0.286 e. The summed E-state index contributed by atoms with van der Waals surface area (Å²) in [7, 11) is 0. The number of halogens is 1. The van der Waals surface area contributed by atoms with Gasteiger partial charge in [-0.25, -0.2) is 0 Å². The SMILES string of the molecule is Cc1ccc(N2CCN(C3=NC(=O)C(=Cc4ccc(C(C)(C)C)cc4)S3)CC2)cc1Cl. The predicted molar refractivity (Wildman–Crippen MR) is 133 cm³/mol. The Morgan fingerprint density at radius 1 is 1.00 bits per heavy atom. The fourth-order valence-electron chi connectivity index (χ4n) is 3.70. The number of carbonyl (C=O) groups is 1. The fourth-order valence-corrected chi connectivity index (χ4v) is 4.84. The lowest BCUT2D eigenvalue weighted by molar-refractivity contribution is -0.113. The van der Waals surface area contributed by atoms with Gasteiger partial charge in [0.25, 0.3) is 5.91 Å². The first-order valence-corrected chi connectivity index (χ1v) is 11.8. The van der Waals surface area contributed by atoms with E-state index >= 15 is 0 Å². The van der Waals surface area contributed by atoms with Crippen LogP contribution in [0.5, 0.6) is 0 Å². The van der Waals surface area contributed by atoms with Gasteiger partial charge in [0.15, 0.2) is 5.17 Å². The monoisotopic (exact) mass is 453 g/mol. The van der Waals surface area contributed by atoms with E-state index in [1.165, 1.54) is 17.3 Å². The summed E-state index contributed by atoms with van der Waals surface area (Å²) in [6, 6.07) is 14.6. The molecule has 1 saturated heterocycles. The highest BCUT2D eigenvalue weighted by Crippen LogP contribution is 2.32. The number of aryl methyl sites for hydroxylation is 1. The van der Waals surface area contributed by atoms with E-state index in [9.17, 15) is 4.79 Å². The van der Waals surface area contributed by atoms with Crippen molar-refractivity contribution < 1.29 is 4.79 Å². The number of anilines is 1. The summed E-state index contributed by atoms with van der Waals surface area (Å²) in [5.41, 5.74) is 4.66. The lowest BCUT2D eigenvalue weighted by atomic mass is 9.87. The number of carbonyl (C=O) groups excluding carboxylic acids is 1. The van der Waals surface area contributed by atoms with Gasteiger partial charge in [-0.3, -0.25) is 4.79 Å². The van der Waals surface area contributed by atoms with Gasteiger partial charge in [0, 0.05) is 36.9 Å². The zero-order valence-corrected chi connectivity index (χ0v) is 20.1. The highest BCUT2D eigenvalue weighted by atomic mass is 35.5. The lowest BCUT2D eigenvalue weighted by Crippen LogP contribution is -2.47. The smallest absolute Gasteiger partial charge is 0.286 e. The van der Waals surface area contributed by atoms with Crippen molar-refractivity contribution in [3.05, 3.63) is 69.1 Å². The van der Waals surface area contributed by atoms with Crippen LogP contribution in [0, 0.1) is 6.92 Å². The first-order chi connectivity index (χ1) is 14.7. The van der Waals surface area contributed by atoms with E-state index in [-0.39, 0.29) is 11.3 Å². The molecule has 0 aliphatic carbocycles. The molecule has 2 heterocycles. The maximum absolute atomic E-state index is 12.5. The number of nitrogens with zero attached hydrogens (tertiary/aromatic N) is 3. The second-order valence-electron chi connectivity index (χ2n) is 9.09. The van der Waals surface area contributed by atoms with Crippen molar-refractivity contribution in [2.45, 2.75) is 33.1 Å². The van der Waals surface area contributed by atoms with Crippen molar-refractivity contribution in [3.8, 4) is 0 Å². The first-order valence-electron chi connectivity index (χ1n) is 10.6. The molecule has 0 saturated carbocycles. The molecule has 0 unspecified atom stereocenters. The van der Waals surface area contributed by atoms with Gasteiger partial charge in [0.1, 0.15) is 0 Å².